The number of hydrogen-bond donors (Lipinski definition) is 2. The lowest BCUT2D eigenvalue weighted by molar-refractivity contribution is 0.0916. The van der Waals surface area contributed by atoms with Crippen molar-refractivity contribution in [2.75, 3.05) is 19.6 Å². The number of furan rings is 1. The van der Waals surface area contributed by atoms with Crippen LogP contribution in [-0.4, -0.2) is 25.5 Å². The molecule has 1 aliphatic heterocycles. The lowest BCUT2D eigenvalue weighted by Gasteiger charge is -2.26. The SMILES string of the molecule is O=C(NCC1CNC1)c1cc2cc(Br)cc(Br)c2o1. The number of fused-ring (bicyclic) bond motifs is 1. The van der Waals surface area contributed by atoms with Gasteiger partial charge in [0.15, 0.2) is 5.76 Å². The van der Waals surface area contributed by atoms with Gasteiger partial charge in [0.2, 0.25) is 0 Å². The Morgan fingerprint density at radius 3 is 2.84 bits per heavy atom. The zero-order valence-electron chi connectivity index (χ0n) is 10.0. The largest absolute Gasteiger partial charge is 0.450 e. The van der Waals surface area contributed by atoms with Gasteiger partial charge in [0.05, 0.1) is 4.47 Å². The number of nitrogens with one attached hydrogen (secondary N) is 2. The lowest BCUT2D eigenvalue weighted by Crippen LogP contribution is -2.48. The number of carbonyl (C=O) groups is 1. The monoisotopic (exact) mass is 386 g/mol. The molecule has 1 fully saturated rings. The van der Waals surface area contributed by atoms with Crippen molar-refractivity contribution in [3.05, 3.63) is 32.9 Å². The maximum Gasteiger partial charge on any atom is 0.287 e. The molecule has 1 amide bonds. The molecule has 1 saturated heterocycles. The molecule has 1 aromatic heterocycles. The Bertz CT molecular complexity index is 635. The summed E-state index contributed by atoms with van der Waals surface area (Å²) in [6.45, 7) is 2.63. The summed E-state index contributed by atoms with van der Waals surface area (Å²) in [5.74, 6) is 0.724. The van der Waals surface area contributed by atoms with Crippen molar-refractivity contribution in [3.63, 3.8) is 0 Å². The van der Waals surface area contributed by atoms with Gasteiger partial charge in [-0.2, -0.15) is 0 Å². The minimum absolute atomic E-state index is 0.161. The van der Waals surface area contributed by atoms with Crippen molar-refractivity contribution >= 4 is 48.7 Å². The molecule has 3 rings (SSSR count). The van der Waals surface area contributed by atoms with Crippen molar-refractivity contribution in [3.8, 4) is 0 Å². The summed E-state index contributed by atoms with van der Waals surface area (Å²) in [4.78, 5) is 12.0. The van der Waals surface area contributed by atoms with E-state index >= 15 is 0 Å². The van der Waals surface area contributed by atoms with Crippen molar-refractivity contribution < 1.29 is 9.21 Å². The van der Waals surface area contributed by atoms with Gasteiger partial charge in [-0.1, -0.05) is 15.9 Å². The summed E-state index contributed by atoms with van der Waals surface area (Å²) in [7, 11) is 0. The van der Waals surface area contributed by atoms with Gasteiger partial charge in [0.1, 0.15) is 5.58 Å². The van der Waals surface area contributed by atoms with Crippen LogP contribution in [0.2, 0.25) is 0 Å². The van der Waals surface area contributed by atoms with E-state index in [0.29, 0.717) is 23.8 Å². The maximum atomic E-state index is 12.0. The van der Waals surface area contributed by atoms with E-state index < -0.39 is 0 Å². The second-order valence-corrected chi connectivity index (χ2v) is 6.42. The average molecular weight is 388 g/mol. The molecule has 6 heteroatoms. The summed E-state index contributed by atoms with van der Waals surface area (Å²) in [6.07, 6.45) is 0. The topological polar surface area (TPSA) is 54.3 Å². The highest BCUT2D eigenvalue weighted by Gasteiger charge is 2.19. The molecule has 19 heavy (non-hydrogen) atoms. The van der Waals surface area contributed by atoms with Crippen LogP contribution in [0.25, 0.3) is 11.0 Å². The summed E-state index contributed by atoms with van der Waals surface area (Å²) >= 11 is 6.85. The highest BCUT2D eigenvalue weighted by Crippen LogP contribution is 2.30. The molecular formula is C13H12Br2N2O2. The van der Waals surface area contributed by atoms with Gasteiger partial charge in [0.25, 0.3) is 5.91 Å². The highest BCUT2D eigenvalue weighted by molar-refractivity contribution is 9.11. The van der Waals surface area contributed by atoms with Crippen LogP contribution in [0.4, 0.5) is 0 Å². The molecule has 2 aromatic rings. The summed E-state index contributed by atoms with van der Waals surface area (Å²) in [5.41, 5.74) is 0.693. The second-order valence-electron chi connectivity index (χ2n) is 4.65. The number of carbonyl (C=O) groups excluding carboxylic acids is 1. The molecule has 0 unspecified atom stereocenters. The fourth-order valence-corrected chi connectivity index (χ4v) is 3.34. The molecular weight excluding hydrogens is 376 g/mol. The zero-order chi connectivity index (χ0) is 13.4. The van der Waals surface area contributed by atoms with E-state index in [1.165, 1.54) is 0 Å². The Morgan fingerprint density at radius 1 is 1.37 bits per heavy atom. The molecule has 0 bridgehead atoms. The van der Waals surface area contributed by atoms with Crippen LogP contribution in [0.15, 0.2) is 31.6 Å². The van der Waals surface area contributed by atoms with Gasteiger partial charge in [-0.15, -0.1) is 0 Å². The minimum Gasteiger partial charge on any atom is -0.450 e. The number of halogens is 2. The fourth-order valence-electron chi connectivity index (χ4n) is 2.00. The number of hydrogen-bond acceptors (Lipinski definition) is 3. The molecule has 2 heterocycles. The molecule has 0 radical (unpaired) electrons. The molecule has 1 aromatic carbocycles. The first-order valence-electron chi connectivity index (χ1n) is 6.01. The van der Waals surface area contributed by atoms with E-state index in [2.05, 4.69) is 42.5 Å². The molecule has 0 saturated carbocycles. The molecule has 1 aliphatic rings. The van der Waals surface area contributed by atoms with E-state index in [9.17, 15) is 4.79 Å². The van der Waals surface area contributed by atoms with Crippen LogP contribution in [0.1, 0.15) is 10.6 Å². The predicted octanol–water partition coefficient (Wildman–Crippen LogP) is 2.91. The van der Waals surface area contributed by atoms with Gasteiger partial charge in [-0.05, 0) is 34.1 Å². The summed E-state index contributed by atoms with van der Waals surface area (Å²) in [5, 5.41) is 6.97. The third-order valence-corrected chi connectivity index (χ3v) is 4.22. The van der Waals surface area contributed by atoms with E-state index in [1.54, 1.807) is 6.07 Å². The minimum atomic E-state index is -0.161. The highest BCUT2D eigenvalue weighted by atomic mass is 79.9. The van der Waals surface area contributed by atoms with Crippen molar-refractivity contribution in [1.29, 1.82) is 0 Å². The van der Waals surface area contributed by atoms with Crippen molar-refractivity contribution in [2.45, 2.75) is 0 Å². The van der Waals surface area contributed by atoms with Gasteiger partial charge in [0, 0.05) is 35.4 Å². The van der Waals surface area contributed by atoms with E-state index in [1.807, 2.05) is 12.1 Å². The van der Waals surface area contributed by atoms with E-state index in [4.69, 9.17) is 4.42 Å². The van der Waals surface area contributed by atoms with Crippen LogP contribution < -0.4 is 10.6 Å². The first kappa shape index (κ1) is 13.1. The summed E-state index contributed by atoms with van der Waals surface area (Å²) < 4.78 is 7.38. The van der Waals surface area contributed by atoms with Crippen LogP contribution in [0, 0.1) is 5.92 Å². The Morgan fingerprint density at radius 2 is 2.16 bits per heavy atom. The Balaban J connectivity index is 1.80. The molecule has 100 valence electrons. The first-order valence-corrected chi connectivity index (χ1v) is 7.59. The van der Waals surface area contributed by atoms with Gasteiger partial charge in [-0.3, -0.25) is 4.79 Å². The number of rotatable bonds is 3. The molecule has 4 nitrogen and oxygen atoms in total. The van der Waals surface area contributed by atoms with Crippen molar-refractivity contribution in [2.24, 2.45) is 5.92 Å². The number of amides is 1. The predicted molar refractivity (Wildman–Crippen MR) is 80.3 cm³/mol. The second kappa shape index (κ2) is 5.26. The quantitative estimate of drug-likeness (QED) is 0.851. The number of benzene rings is 1. The molecule has 0 aliphatic carbocycles. The standard InChI is InChI=1S/C13H12Br2N2O2/c14-9-1-8-2-11(19-12(8)10(15)3-9)13(18)17-6-7-4-16-5-7/h1-3,7,16H,4-6H2,(H,17,18). The zero-order valence-corrected chi connectivity index (χ0v) is 13.2. The normalized spacial score (nSPS) is 15.5. The van der Waals surface area contributed by atoms with Gasteiger partial charge < -0.3 is 15.1 Å². The Hall–Kier alpha value is -0.850. The average Bonchev–Trinajstić information content (AvgIpc) is 2.70. The van der Waals surface area contributed by atoms with Crippen LogP contribution >= 0.6 is 31.9 Å². The van der Waals surface area contributed by atoms with Crippen LogP contribution in [0.3, 0.4) is 0 Å². The lowest BCUT2D eigenvalue weighted by atomic mass is 10.0. The third-order valence-electron chi connectivity index (χ3n) is 3.18. The molecule has 0 atom stereocenters. The Labute approximate surface area is 127 Å². The van der Waals surface area contributed by atoms with Crippen molar-refractivity contribution in [1.82, 2.24) is 10.6 Å². The molecule has 2 N–H and O–H groups in total. The first-order chi connectivity index (χ1) is 9.13. The smallest absolute Gasteiger partial charge is 0.287 e. The van der Waals surface area contributed by atoms with E-state index in [0.717, 1.165) is 27.4 Å². The van der Waals surface area contributed by atoms with Gasteiger partial charge in [-0.25, -0.2) is 0 Å². The fraction of sp³-hybridized carbons (Fsp3) is 0.308. The third kappa shape index (κ3) is 2.70. The maximum absolute atomic E-state index is 12.0. The Kier molecular flexibility index (Phi) is 3.64. The molecule has 0 spiro atoms. The van der Waals surface area contributed by atoms with Gasteiger partial charge >= 0.3 is 0 Å². The summed E-state index contributed by atoms with van der Waals surface area (Å²) in [6, 6.07) is 5.59. The van der Waals surface area contributed by atoms with Crippen LogP contribution in [0.5, 0.6) is 0 Å². The van der Waals surface area contributed by atoms with Crippen LogP contribution in [-0.2, 0) is 0 Å². The van der Waals surface area contributed by atoms with E-state index in [-0.39, 0.29) is 5.91 Å².